The van der Waals surface area contributed by atoms with Gasteiger partial charge in [-0.15, -0.1) is 0 Å². The molecule has 2 heterocycles. The second-order valence-corrected chi connectivity index (χ2v) is 4.16. The lowest BCUT2D eigenvalue weighted by Gasteiger charge is -2.16. The maximum atomic E-state index is 12.2. The third kappa shape index (κ3) is 1.66. The van der Waals surface area contributed by atoms with Crippen LogP contribution in [-0.2, 0) is 6.54 Å². The van der Waals surface area contributed by atoms with Crippen molar-refractivity contribution in [1.82, 2.24) is 14.7 Å². The van der Waals surface area contributed by atoms with E-state index in [0.717, 1.165) is 31.6 Å². The van der Waals surface area contributed by atoms with Crippen LogP contribution in [0.1, 0.15) is 35.9 Å². The van der Waals surface area contributed by atoms with Crippen LogP contribution < -0.4 is 5.73 Å². The summed E-state index contributed by atoms with van der Waals surface area (Å²) in [4.78, 5) is 14.1. The zero-order chi connectivity index (χ0) is 11.7. The van der Waals surface area contributed by atoms with Gasteiger partial charge in [0, 0.05) is 19.6 Å². The number of anilines is 1. The summed E-state index contributed by atoms with van der Waals surface area (Å²) in [6.07, 6.45) is 2.18. The molecule has 1 amide bonds. The Balaban J connectivity index is 2.34. The molecule has 1 saturated heterocycles. The minimum absolute atomic E-state index is 0.0254. The highest BCUT2D eigenvalue weighted by Crippen LogP contribution is 2.20. The first-order valence-corrected chi connectivity index (χ1v) is 5.77. The topological polar surface area (TPSA) is 64.2 Å². The average Bonchev–Trinajstić information content (AvgIpc) is 2.88. The van der Waals surface area contributed by atoms with Crippen LogP contribution in [0, 0.1) is 6.92 Å². The fraction of sp³-hybridized carbons (Fsp3) is 0.636. The number of hydrogen-bond donors (Lipinski definition) is 1. The molecule has 16 heavy (non-hydrogen) atoms. The Morgan fingerprint density at radius 1 is 1.44 bits per heavy atom. The maximum Gasteiger partial charge on any atom is 0.274 e. The van der Waals surface area contributed by atoms with E-state index in [1.54, 1.807) is 4.68 Å². The second kappa shape index (κ2) is 4.15. The molecular formula is C11H18N4O. The van der Waals surface area contributed by atoms with Gasteiger partial charge >= 0.3 is 0 Å². The molecule has 0 spiro atoms. The molecule has 0 atom stereocenters. The Hall–Kier alpha value is -1.52. The van der Waals surface area contributed by atoms with Crippen LogP contribution in [-0.4, -0.2) is 33.7 Å². The molecular weight excluding hydrogens is 204 g/mol. The van der Waals surface area contributed by atoms with Gasteiger partial charge in [0.1, 0.15) is 5.69 Å². The smallest absolute Gasteiger partial charge is 0.274 e. The van der Waals surface area contributed by atoms with Gasteiger partial charge in [-0.2, -0.15) is 5.10 Å². The number of rotatable bonds is 2. The van der Waals surface area contributed by atoms with Crippen LogP contribution >= 0.6 is 0 Å². The van der Waals surface area contributed by atoms with Crippen molar-refractivity contribution >= 4 is 11.6 Å². The fourth-order valence-electron chi connectivity index (χ4n) is 2.12. The summed E-state index contributed by atoms with van der Waals surface area (Å²) in [5.41, 5.74) is 7.74. The Labute approximate surface area is 95.2 Å². The lowest BCUT2D eigenvalue weighted by Crippen LogP contribution is -2.30. The molecule has 1 aromatic rings. The van der Waals surface area contributed by atoms with Gasteiger partial charge in [0.15, 0.2) is 0 Å². The standard InChI is InChI=1S/C11H18N4O/c1-3-15-10(9(12)8(2)13-15)11(16)14-6-4-5-7-14/h3-7,12H2,1-2H3. The third-order valence-corrected chi connectivity index (χ3v) is 3.07. The minimum atomic E-state index is 0.0254. The van der Waals surface area contributed by atoms with E-state index in [0.29, 0.717) is 17.9 Å². The summed E-state index contributed by atoms with van der Waals surface area (Å²) in [5.74, 6) is 0.0254. The van der Waals surface area contributed by atoms with E-state index in [2.05, 4.69) is 5.10 Å². The van der Waals surface area contributed by atoms with E-state index >= 15 is 0 Å². The molecule has 0 unspecified atom stereocenters. The quantitative estimate of drug-likeness (QED) is 0.812. The van der Waals surface area contributed by atoms with Crippen molar-refractivity contribution in [2.75, 3.05) is 18.8 Å². The van der Waals surface area contributed by atoms with Crippen LogP contribution in [0.3, 0.4) is 0 Å². The number of amides is 1. The van der Waals surface area contributed by atoms with Crippen molar-refractivity contribution in [1.29, 1.82) is 0 Å². The third-order valence-electron chi connectivity index (χ3n) is 3.07. The highest BCUT2D eigenvalue weighted by atomic mass is 16.2. The summed E-state index contributed by atoms with van der Waals surface area (Å²) in [6, 6.07) is 0. The summed E-state index contributed by atoms with van der Waals surface area (Å²) in [6.45, 7) is 6.15. The average molecular weight is 222 g/mol. The zero-order valence-electron chi connectivity index (χ0n) is 9.86. The van der Waals surface area contributed by atoms with Gasteiger partial charge in [-0.05, 0) is 26.7 Å². The van der Waals surface area contributed by atoms with E-state index in [9.17, 15) is 4.79 Å². The number of nitrogens with two attached hydrogens (primary N) is 1. The van der Waals surface area contributed by atoms with Gasteiger partial charge in [-0.1, -0.05) is 0 Å². The van der Waals surface area contributed by atoms with Gasteiger partial charge in [0.2, 0.25) is 0 Å². The predicted octanol–water partition coefficient (Wildman–Crippen LogP) is 1.03. The molecule has 1 fully saturated rings. The summed E-state index contributed by atoms with van der Waals surface area (Å²) < 4.78 is 1.70. The normalized spacial score (nSPS) is 15.8. The van der Waals surface area contributed by atoms with E-state index in [-0.39, 0.29) is 5.91 Å². The van der Waals surface area contributed by atoms with Gasteiger partial charge in [0.05, 0.1) is 11.4 Å². The predicted molar refractivity (Wildman–Crippen MR) is 62.2 cm³/mol. The van der Waals surface area contributed by atoms with Crippen molar-refractivity contribution in [2.24, 2.45) is 0 Å². The number of hydrogen-bond acceptors (Lipinski definition) is 3. The molecule has 0 saturated carbocycles. The number of aryl methyl sites for hydroxylation is 2. The van der Waals surface area contributed by atoms with Crippen molar-refractivity contribution < 1.29 is 4.79 Å². The SMILES string of the molecule is CCn1nc(C)c(N)c1C(=O)N1CCCC1. The number of carbonyl (C=O) groups excluding carboxylic acids is 1. The molecule has 0 aliphatic carbocycles. The van der Waals surface area contributed by atoms with Crippen LogP contribution in [0.25, 0.3) is 0 Å². The fourth-order valence-corrected chi connectivity index (χ4v) is 2.12. The Morgan fingerprint density at radius 3 is 2.62 bits per heavy atom. The first-order valence-electron chi connectivity index (χ1n) is 5.77. The Kier molecular flexibility index (Phi) is 2.85. The molecule has 2 rings (SSSR count). The number of carbonyl (C=O) groups is 1. The summed E-state index contributed by atoms with van der Waals surface area (Å²) in [5, 5.41) is 4.27. The van der Waals surface area contributed by atoms with Crippen LogP contribution in [0.15, 0.2) is 0 Å². The first kappa shape index (κ1) is 11.0. The highest BCUT2D eigenvalue weighted by Gasteiger charge is 2.25. The number of nitrogens with zero attached hydrogens (tertiary/aromatic N) is 3. The first-order chi connectivity index (χ1) is 7.65. The van der Waals surface area contributed by atoms with Crippen molar-refractivity contribution in [3.8, 4) is 0 Å². The minimum Gasteiger partial charge on any atom is -0.395 e. The lowest BCUT2D eigenvalue weighted by molar-refractivity contribution is 0.0781. The van der Waals surface area contributed by atoms with Crippen LogP contribution in [0.2, 0.25) is 0 Å². The van der Waals surface area contributed by atoms with E-state index in [4.69, 9.17) is 5.73 Å². The molecule has 0 bridgehead atoms. The second-order valence-electron chi connectivity index (χ2n) is 4.16. The van der Waals surface area contributed by atoms with Gasteiger partial charge in [0.25, 0.3) is 5.91 Å². The molecule has 1 aliphatic rings. The monoisotopic (exact) mass is 222 g/mol. The van der Waals surface area contributed by atoms with Crippen molar-refractivity contribution in [3.63, 3.8) is 0 Å². The van der Waals surface area contributed by atoms with E-state index < -0.39 is 0 Å². The zero-order valence-corrected chi connectivity index (χ0v) is 9.86. The lowest BCUT2D eigenvalue weighted by atomic mass is 10.2. The molecule has 0 aromatic carbocycles. The number of aromatic nitrogens is 2. The van der Waals surface area contributed by atoms with Gasteiger partial charge < -0.3 is 10.6 Å². The molecule has 2 N–H and O–H groups in total. The van der Waals surface area contributed by atoms with Crippen molar-refractivity contribution in [2.45, 2.75) is 33.2 Å². The van der Waals surface area contributed by atoms with Crippen LogP contribution in [0.4, 0.5) is 5.69 Å². The van der Waals surface area contributed by atoms with Crippen LogP contribution in [0.5, 0.6) is 0 Å². The van der Waals surface area contributed by atoms with E-state index in [1.807, 2.05) is 18.7 Å². The number of nitrogen functional groups attached to an aromatic ring is 1. The molecule has 1 aliphatic heterocycles. The number of likely N-dealkylation sites (tertiary alicyclic amines) is 1. The molecule has 88 valence electrons. The Morgan fingerprint density at radius 2 is 2.06 bits per heavy atom. The highest BCUT2D eigenvalue weighted by molar-refractivity contribution is 5.98. The van der Waals surface area contributed by atoms with Gasteiger partial charge in [-0.25, -0.2) is 0 Å². The molecule has 5 heteroatoms. The maximum absolute atomic E-state index is 12.2. The van der Waals surface area contributed by atoms with Gasteiger partial charge in [-0.3, -0.25) is 9.48 Å². The molecule has 5 nitrogen and oxygen atoms in total. The van der Waals surface area contributed by atoms with Crippen molar-refractivity contribution in [3.05, 3.63) is 11.4 Å². The largest absolute Gasteiger partial charge is 0.395 e. The van der Waals surface area contributed by atoms with E-state index in [1.165, 1.54) is 0 Å². The summed E-state index contributed by atoms with van der Waals surface area (Å²) in [7, 11) is 0. The molecule has 0 radical (unpaired) electrons. The summed E-state index contributed by atoms with van der Waals surface area (Å²) >= 11 is 0. The Bertz CT molecular complexity index is 404. The molecule has 1 aromatic heterocycles.